The van der Waals surface area contributed by atoms with Crippen LogP contribution in [0.4, 0.5) is 0 Å². The summed E-state index contributed by atoms with van der Waals surface area (Å²) in [5.41, 5.74) is 0. The van der Waals surface area contributed by atoms with Crippen LogP contribution in [-0.2, 0) is 0 Å². The van der Waals surface area contributed by atoms with Crippen molar-refractivity contribution in [3.05, 3.63) is 25.3 Å². The first-order valence-electron chi connectivity index (χ1n) is 5.10. The van der Waals surface area contributed by atoms with Crippen LogP contribution in [0.2, 0.25) is 0 Å². The average Bonchev–Trinajstić information content (AvgIpc) is 2.19. The predicted octanol–water partition coefficient (Wildman–Crippen LogP) is 2.06. The van der Waals surface area contributed by atoms with Crippen LogP contribution in [0.1, 0.15) is 19.3 Å². The van der Waals surface area contributed by atoms with Gasteiger partial charge in [-0.2, -0.15) is 0 Å². The summed E-state index contributed by atoms with van der Waals surface area (Å²) in [6, 6.07) is 0. The van der Waals surface area contributed by atoms with Crippen molar-refractivity contribution in [2.24, 2.45) is 0 Å². The number of rotatable bonds is 5. The highest BCUT2D eigenvalue weighted by molar-refractivity contribution is 4.79. The molecule has 13 heavy (non-hydrogen) atoms. The molecule has 1 aliphatic rings. The summed E-state index contributed by atoms with van der Waals surface area (Å²) in [6.45, 7) is 11.8. The molecule has 0 saturated carbocycles. The molecule has 0 spiro atoms. The zero-order valence-corrected chi connectivity index (χ0v) is 8.41. The van der Waals surface area contributed by atoms with Crippen LogP contribution < -0.4 is 0 Å². The van der Waals surface area contributed by atoms with Gasteiger partial charge in [0, 0.05) is 26.2 Å². The molecule has 0 aromatic carbocycles. The summed E-state index contributed by atoms with van der Waals surface area (Å²) < 4.78 is 0. The number of hydrogen-bond donors (Lipinski definition) is 0. The van der Waals surface area contributed by atoms with Gasteiger partial charge in [-0.25, -0.2) is 10.0 Å². The van der Waals surface area contributed by atoms with E-state index < -0.39 is 0 Å². The number of nitrogens with zero attached hydrogens (tertiary/aromatic N) is 2. The van der Waals surface area contributed by atoms with E-state index in [1.54, 1.807) is 0 Å². The maximum atomic E-state index is 3.77. The normalized spacial score (nSPS) is 18.8. The Bertz CT molecular complexity index is 149. The predicted molar refractivity (Wildman–Crippen MR) is 57.4 cm³/mol. The first-order chi connectivity index (χ1) is 6.38. The second-order valence-corrected chi connectivity index (χ2v) is 3.46. The molecule has 1 heterocycles. The number of hydrazine groups is 1. The fraction of sp³-hybridized carbons (Fsp3) is 0.636. The molecule has 0 unspecified atom stereocenters. The van der Waals surface area contributed by atoms with Gasteiger partial charge in [0.05, 0.1) is 0 Å². The Hall–Kier alpha value is -0.600. The Labute approximate surface area is 81.5 Å². The Morgan fingerprint density at radius 1 is 1.00 bits per heavy atom. The molecule has 74 valence electrons. The minimum Gasteiger partial charge on any atom is -0.241 e. The third-order valence-corrected chi connectivity index (χ3v) is 2.41. The molecule has 2 heteroatoms. The van der Waals surface area contributed by atoms with Gasteiger partial charge in [-0.3, -0.25) is 0 Å². The third kappa shape index (κ3) is 3.33. The van der Waals surface area contributed by atoms with Gasteiger partial charge in [0.15, 0.2) is 0 Å². The number of piperidine rings is 1. The van der Waals surface area contributed by atoms with Crippen molar-refractivity contribution < 1.29 is 0 Å². The molecule has 0 amide bonds. The van der Waals surface area contributed by atoms with Crippen LogP contribution in [0.5, 0.6) is 0 Å². The molecule has 0 aromatic heterocycles. The van der Waals surface area contributed by atoms with E-state index in [0.29, 0.717) is 0 Å². The van der Waals surface area contributed by atoms with E-state index in [1.165, 1.54) is 32.4 Å². The molecule has 1 rings (SSSR count). The smallest absolute Gasteiger partial charge is 0.0315 e. The van der Waals surface area contributed by atoms with Crippen LogP contribution >= 0.6 is 0 Å². The van der Waals surface area contributed by atoms with Crippen LogP contribution in [0, 0.1) is 0 Å². The molecule has 0 atom stereocenters. The van der Waals surface area contributed by atoms with Crippen molar-refractivity contribution >= 4 is 0 Å². The Kier molecular flexibility index (Phi) is 4.79. The van der Waals surface area contributed by atoms with Gasteiger partial charge in [-0.1, -0.05) is 18.6 Å². The zero-order chi connectivity index (χ0) is 9.52. The minimum absolute atomic E-state index is 0.937. The summed E-state index contributed by atoms with van der Waals surface area (Å²) in [5.74, 6) is 0. The molecular weight excluding hydrogens is 160 g/mol. The highest BCUT2D eigenvalue weighted by atomic mass is 15.6. The molecule has 0 aromatic rings. The molecule has 1 aliphatic heterocycles. The fourth-order valence-corrected chi connectivity index (χ4v) is 1.76. The molecule has 1 saturated heterocycles. The third-order valence-electron chi connectivity index (χ3n) is 2.41. The Morgan fingerprint density at radius 2 is 1.54 bits per heavy atom. The highest BCUT2D eigenvalue weighted by Gasteiger charge is 2.15. The molecule has 0 bridgehead atoms. The van der Waals surface area contributed by atoms with E-state index in [2.05, 4.69) is 23.2 Å². The van der Waals surface area contributed by atoms with Gasteiger partial charge in [-0.05, 0) is 12.8 Å². The maximum Gasteiger partial charge on any atom is 0.0315 e. The highest BCUT2D eigenvalue weighted by Crippen LogP contribution is 2.11. The van der Waals surface area contributed by atoms with E-state index >= 15 is 0 Å². The summed E-state index contributed by atoms with van der Waals surface area (Å²) in [4.78, 5) is 0. The lowest BCUT2D eigenvalue weighted by molar-refractivity contribution is -0.0198. The van der Waals surface area contributed by atoms with Crippen molar-refractivity contribution in [2.75, 3.05) is 26.2 Å². The van der Waals surface area contributed by atoms with E-state index in [4.69, 9.17) is 0 Å². The largest absolute Gasteiger partial charge is 0.241 e. The zero-order valence-electron chi connectivity index (χ0n) is 8.41. The summed E-state index contributed by atoms with van der Waals surface area (Å²) >= 11 is 0. The Morgan fingerprint density at radius 3 is 2.00 bits per heavy atom. The van der Waals surface area contributed by atoms with Crippen LogP contribution in [0.25, 0.3) is 0 Å². The van der Waals surface area contributed by atoms with Gasteiger partial charge in [0.2, 0.25) is 0 Å². The monoisotopic (exact) mass is 180 g/mol. The first kappa shape index (κ1) is 10.5. The van der Waals surface area contributed by atoms with Gasteiger partial charge in [0.1, 0.15) is 0 Å². The van der Waals surface area contributed by atoms with Crippen molar-refractivity contribution in [2.45, 2.75) is 19.3 Å². The van der Waals surface area contributed by atoms with Gasteiger partial charge >= 0.3 is 0 Å². The topological polar surface area (TPSA) is 6.48 Å². The lowest BCUT2D eigenvalue weighted by atomic mass is 10.2. The maximum absolute atomic E-state index is 3.77. The van der Waals surface area contributed by atoms with Gasteiger partial charge in [0.25, 0.3) is 0 Å². The summed E-state index contributed by atoms with van der Waals surface area (Å²) in [7, 11) is 0. The van der Waals surface area contributed by atoms with Crippen molar-refractivity contribution in [1.82, 2.24) is 10.0 Å². The van der Waals surface area contributed by atoms with E-state index in [9.17, 15) is 0 Å². The SMILES string of the molecule is C=CCN(CC=C)N1CCCCC1. The molecule has 2 nitrogen and oxygen atoms in total. The molecule has 0 radical (unpaired) electrons. The lowest BCUT2D eigenvalue weighted by Gasteiger charge is -2.36. The van der Waals surface area contributed by atoms with Gasteiger partial charge < -0.3 is 0 Å². The van der Waals surface area contributed by atoms with Crippen LogP contribution in [-0.4, -0.2) is 36.2 Å². The van der Waals surface area contributed by atoms with E-state index in [0.717, 1.165) is 13.1 Å². The van der Waals surface area contributed by atoms with Crippen molar-refractivity contribution in [3.8, 4) is 0 Å². The minimum atomic E-state index is 0.937. The summed E-state index contributed by atoms with van der Waals surface area (Å²) in [5, 5.41) is 4.74. The van der Waals surface area contributed by atoms with E-state index in [1.807, 2.05) is 12.2 Å². The quantitative estimate of drug-likeness (QED) is 0.598. The number of hydrogen-bond acceptors (Lipinski definition) is 2. The molecule has 0 aliphatic carbocycles. The fourth-order valence-electron chi connectivity index (χ4n) is 1.76. The van der Waals surface area contributed by atoms with Crippen molar-refractivity contribution in [3.63, 3.8) is 0 Å². The molecular formula is C11H20N2. The lowest BCUT2D eigenvalue weighted by Crippen LogP contribution is -2.45. The molecule has 1 fully saturated rings. The van der Waals surface area contributed by atoms with Gasteiger partial charge in [-0.15, -0.1) is 13.2 Å². The van der Waals surface area contributed by atoms with Crippen molar-refractivity contribution in [1.29, 1.82) is 0 Å². The Balaban J connectivity index is 2.40. The van der Waals surface area contributed by atoms with Crippen LogP contribution in [0.15, 0.2) is 25.3 Å². The van der Waals surface area contributed by atoms with Crippen LogP contribution in [0.3, 0.4) is 0 Å². The average molecular weight is 180 g/mol. The second kappa shape index (κ2) is 5.95. The first-order valence-corrected chi connectivity index (χ1v) is 5.10. The van der Waals surface area contributed by atoms with E-state index in [-0.39, 0.29) is 0 Å². The summed E-state index contributed by atoms with van der Waals surface area (Å²) in [6.07, 6.45) is 7.94. The molecule has 0 N–H and O–H groups in total. The standard InChI is InChI=1S/C11H20N2/c1-3-8-12(9-4-2)13-10-6-5-7-11-13/h3-4H,1-2,5-11H2. The second-order valence-electron chi connectivity index (χ2n) is 3.46.